The number of hydrogen-bond acceptors (Lipinski definition) is 7. The first-order valence-electron chi connectivity index (χ1n) is 11.2. The minimum absolute atomic E-state index is 0.0727. The number of aromatic nitrogens is 3. The molecule has 1 aliphatic carbocycles. The number of aryl methyl sites for hydroxylation is 2. The van der Waals surface area contributed by atoms with Gasteiger partial charge in [0.05, 0.1) is 5.69 Å². The molecule has 29 heavy (non-hydrogen) atoms. The molecule has 5 rings (SSSR count). The number of nitrogens with zero attached hydrogens (tertiary/aromatic N) is 4. The summed E-state index contributed by atoms with van der Waals surface area (Å²) in [4.78, 5) is 7.49. The van der Waals surface area contributed by atoms with Crippen LogP contribution >= 0.6 is 0 Å². The molecule has 0 bridgehead atoms. The van der Waals surface area contributed by atoms with Crippen LogP contribution in [-0.2, 0) is 16.7 Å². The van der Waals surface area contributed by atoms with Gasteiger partial charge in [-0.25, -0.2) is 0 Å². The Morgan fingerprint density at radius 2 is 1.76 bits per heavy atom. The molecule has 0 unspecified atom stereocenters. The summed E-state index contributed by atoms with van der Waals surface area (Å²) in [6.07, 6.45) is 8.09. The van der Waals surface area contributed by atoms with E-state index in [1.165, 1.54) is 24.8 Å². The summed E-state index contributed by atoms with van der Waals surface area (Å²) in [7, 11) is 0. The molecule has 2 saturated heterocycles. The highest BCUT2D eigenvalue weighted by molar-refractivity contribution is 5.21. The van der Waals surface area contributed by atoms with Crippen molar-refractivity contribution in [2.45, 2.75) is 76.7 Å². The number of likely N-dealkylation sites (tertiary alicyclic amines) is 1. The smallest absolute Gasteiger partial charge is 0.229 e. The van der Waals surface area contributed by atoms with Crippen molar-refractivity contribution >= 4 is 0 Å². The Labute approximate surface area is 172 Å². The number of hydrogen-bond donors (Lipinski definition) is 0. The Bertz CT molecular complexity index is 807. The molecule has 4 heterocycles. The van der Waals surface area contributed by atoms with E-state index in [9.17, 15) is 0 Å². The van der Waals surface area contributed by atoms with Crippen LogP contribution in [0.4, 0.5) is 0 Å². The molecule has 158 valence electrons. The maximum Gasteiger partial charge on any atom is 0.229 e. The lowest BCUT2D eigenvalue weighted by molar-refractivity contribution is 0.0778. The van der Waals surface area contributed by atoms with Gasteiger partial charge in [-0.3, -0.25) is 4.90 Å². The largest absolute Gasteiger partial charge is 0.381 e. The number of ether oxygens (including phenoxy) is 1. The minimum atomic E-state index is 0.0727. The maximum atomic E-state index is 5.78. The molecule has 7 nitrogen and oxygen atoms in total. The van der Waals surface area contributed by atoms with Crippen LogP contribution in [-0.4, -0.2) is 46.5 Å². The Kier molecular flexibility index (Phi) is 5.20. The lowest BCUT2D eigenvalue weighted by Gasteiger charge is -2.40. The van der Waals surface area contributed by atoms with Gasteiger partial charge in [0, 0.05) is 36.7 Å². The first kappa shape index (κ1) is 19.2. The molecule has 0 atom stereocenters. The summed E-state index contributed by atoms with van der Waals surface area (Å²) in [5.41, 5.74) is 2.32. The zero-order chi connectivity index (χ0) is 19.8. The quantitative estimate of drug-likeness (QED) is 0.727. The molecule has 2 aromatic rings. The Morgan fingerprint density at radius 3 is 2.41 bits per heavy atom. The zero-order valence-corrected chi connectivity index (χ0v) is 17.7. The second-order valence-corrected chi connectivity index (χ2v) is 9.35. The predicted octanol–water partition coefficient (Wildman–Crippen LogP) is 3.90. The van der Waals surface area contributed by atoms with E-state index in [4.69, 9.17) is 18.8 Å². The minimum Gasteiger partial charge on any atom is -0.381 e. The highest BCUT2D eigenvalue weighted by atomic mass is 16.5. The lowest BCUT2D eigenvalue weighted by Crippen LogP contribution is -2.43. The van der Waals surface area contributed by atoms with E-state index >= 15 is 0 Å². The van der Waals surface area contributed by atoms with E-state index in [0.29, 0.717) is 5.92 Å². The molecule has 7 heteroatoms. The van der Waals surface area contributed by atoms with E-state index in [0.717, 1.165) is 87.6 Å². The van der Waals surface area contributed by atoms with Gasteiger partial charge in [-0.2, -0.15) is 4.98 Å². The van der Waals surface area contributed by atoms with Crippen LogP contribution in [0.25, 0.3) is 0 Å². The molecule has 0 aromatic carbocycles. The van der Waals surface area contributed by atoms with Crippen molar-refractivity contribution in [3.8, 4) is 0 Å². The van der Waals surface area contributed by atoms with Crippen LogP contribution < -0.4 is 0 Å². The van der Waals surface area contributed by atoms with Gasteiger partial charge in [-0.05, 0) is 65.0 Å². The van der Waals surface area contributed by atoms with Crippen molar-refractivity contribution in [2.75, 3.05) is 26.3 Å². The molecular formula is C22H32N4O3. The van der Waals surface area contributed by atoms with E-state index < -0.39 is 0 Å². The molecule has 0 N–H and O–H groups in total. The van der Waals surface area contributed by atoms with E-state index in [1.54, 1.807) is 0 Å². The third-order valence-electron chi connectivity index (χ3n) is 7.24. The molecule has 2 aliphatic heterocycles. The first-order chi connectivity index (χ1) is 14.1. The van der Waals surface area contributed by atoms with Crippen molar-refractivity contribution in [3.63, 3.8) is 0 Å². The molecule has 3 fully saturated rings. The van der Waals surface area contributed by atoms with Crippen LogP contribution in [0.1, 0.15) is 79.6 Å². The van der Waals surface area contributed by atoms with E-state index in [-0.39, 0.29) is 5.41 Å². The predicted molar refractivity (Wildman–Crippen MR) is 107 cm³/mol. The van der Waals surface area contributed by atoms with Gasteiger partial charge < -0.3 is 13.8 Å². The molecule has 0 radical (unpaired) electrons. The second-order valence-electron chi connectivity index (χ2n) is 9.35. The van der Waals surface area contributed by atoms with Crippen LogP contribution in [0.5, 0.6) is 0 Å². The molecule has 1 saturated carbocycles. The first-order valence-corrected chi connectivity index (χ1v) is 11.2. The summed E-state index contributed by atoms with van der Waals surface area (Å²) in [6, 6.07) is 0. The van der Waals surface area contributed by atoms with Crippen molar-refractivity contribution in [2.24, 2.45) is 5.92 Å². The van der Waals surface area contributed by atoms with Gasteiger partial charge in [0.25, 0.3) is 0 Å². The highest BCUT2D eigenvalue weighted by Crippen LogP contribution is 2.47. The summed E-state index contributed by atoms with van der Waals surface area (Å²) >= 11 is 0. The SMILES string of the molecule is Cc1noc(C)c1CN1CCC(CC2CC2)(c2noc(C3CCOCC3)n2)CC1. The average molecular weight is 401 g/mol. The van der Waals surface area contributed by atoms with Crippen LogP contribution in [0.3, 0.4) is 0 Å². The fourth-order valence-corrected chi connectivity index (χ4v) is 5.04. The summed E-state index contributed by atoms with van der Waals surface area (Å²) < 4.78 is 16.6. The van der Waals surface area contributed by atoms with Gasteiger partial charge in [0.1, 0.15) is 5.76 Å². The van der Waals surface area contributed by atoms with Gasteiger partial charge in [-0.1, -0.05) is 23.2 Å². The Balaban J connectivity index is 1.30. The van der Waals surface area contributed by atoms with Crippen molar-refractivity contribution in [1.82, 2.24) is 20.2 Å². The standard InChI is InChI=1S/C22H32N4O3/c1-15-19(16(2)28-24-15)14-26-9-7-22(8-10-26,13-17-3-4-17)21-23-20(29-25-21)18-5-11-27-12-6-18/h17-18H,3-14H2,1-2H3. The lowest BCUT2D eigenvalue weighted by atomic mass is 9.73. The van der Waals surface area contributed by atoms with Gasteiger partial charge in [0.2, 0.25) is 5.89 Å². The normalized spacial score (nSPS) is 23.5. The number of piperidine rings is 1. The van der Waals surface area contributed by atoms with Crippen LogP contribution in [0, 0.1) is 19.8 Å². The Hall–Kier alpha value is -1.73. The van der Waals surface area contributed by atoms with Crippen molar-refractivity contribution < 1.29 is 13.8 Å². The van der Waals surface area contributed by atoms with Crippen molar-refractivity contribution in [1.29, 1.82) is 0 Å². The van der Waals surface area contributed by atoms with Gasteiger partial charge >= 0.3 is 0 Å². The maximum absolute atomic E-state index is 5.78. The number of rotatable bonds is 6. The van der Waals surface area contributed by atoms with Crippen LogP contribution in [0.2, 0.25) is 0 Å². The highest BCUT2D eigenvalue weighted by Gasteiger charge is 2.44. The average Bonchev–Trinajstić information content (AvgIpc) is 3.31. The molecule has 0 amide bonds. The summed E-state index contributed by atoms with van der Waals surface area (Å²) in [5, 5.41) is 8.64. The third kappa shape index (κ3) is 3.99. The molecule has 0 spiro atoms. The van der Waals surface area contributed by atoms with Gasteiger partial charge in [-0.15, -0.1) is 0 Å². The van der Waals surface area contributed by atoms with Crippen molar-refractivity contribution in [3.05, 3.63) is 28.7 Å². The zero-order valence-electron chi connectivity index (χ0n) is 17.7. The van der Waals surface area contributed by atoms with E-state index in [1.807, 2.05) is 13.8 Å². The molecular weight excluding hydrogens is 368 g/mol. The topological polar surface area (TPSA) is 77.4 Å². The molecule has 3 aliphatic rings. The third-order valence-corrected chi connectivity index (χ3v) is 7.24. The fourth-order valence-electron chi connectivity index (χ4n) is 5.04. The van der Waals surface area contributed by atoms with Crippen LogP contribution in [0.15, 0.2) is 9.05 Å². The fraction of sp³-hybridized carbons (Fsp3) is 0.773. The second kappa shape index (κ2) is 7.84. The van der Waals surface area contributed by atoms with Gasteiger partial charge in [0.15, 0.2) is 5.82 Å². The Morgan fingerprint density at radius 1 is 1.00 bits per heavy atom. The van der Waals surface area contributed by atoms with E-state index in [2.05, 4.69) is 15.2 Å². The molecule has 2 aromatic heterocycles. The monoisotopic (exact) mass is 400 g/mol. The summed E-state index contributed by atoms with van der Waals surface area (Å²) in [5.74, 6) is 3.94. The summed E-state index contributed by atoms with van der Waals surface area (Å²) in [6.45, 7) is 8.66.